The number of rotatable bonds is 5. The smallest absolute Gasteiger partial charge is 0.141 e. The molecular formula is C13H18FN5. The van der Waals surface area contributed by atoms with E-state index in [1.807, 2.05) is 38.4 Å². The molecule has 0 radical (unpaired) electrons. The van der Waals surface area contributed by atoms with Gasteiger partial charge in [0, 0.05) is 44.5 Å². The zero-order valence-corrected chi connectivity index (χ0v) is 11.4. The molecule has 0 fully saturated rings. The Morgan fingerprint density at radius 3 is 2.84 bits per heavy atom. The lowest BCUT2D eigenvalue weighted by Crippen LogP contribution is -2.21. The van der Waals surface area contributed by atoms with E-state index in [2.05, 4.69) is 15.4 Å². The maximum atomic E-state index is 13.2. The van der Waals surface area contributed by atoms with Crippen LogP contribution in [0, 0.1) is 5.82 Å². The minimum atomic E-state index is -0.316. The van der Waals surface area contributed by atoms with Gasteiger partial charge in [-0.3, -0.25) is 4.68 Å². The van der Waals surface area contributed by atoms with Gasteiger partial charge in [-0.15, -0.1) is 0 Å². The highest BCUT2D eigenvalue weighted by atomic mass is 19.1. The number of pyridine rings is 1. The Labute approximate surface area is 112 Å². The molecule has 0 saturated carbocycles. The molecule has 0 aliphatic carbocycles. The number of hydrogen-bond donors (Lipinski definition) is 1. The predicted octanol–water partition coefficient (Wildman–Crippen LogP) is 1.31. The highest BCUT2D eigenvalue weighted by molar-refractivity contribution is 5.46. The third kappa shape index (κ3) is 3.29. The van der Waals surface area contributed by atoms with Gasteiger partial charge in [0.2, 0.25) is 0 Å². The molecule has 2 rings (SSSR count). The maximum absolute atomic E-state index is 13.2. The van der Waals surface area contributed by atoms with E-state index >= 15 is 0 Å². The third-order valence-electron chi connectivity index (χ3n) is 2.82. The van der Waals surface area contributed by atoms with Gasteiger partial charge in [0.15, 0.2) is 0 Å². The molecule has 19 heavy (non-hydrogen) atoms. The Balaban J connectivity index is 2.20. The minimum absolute atomic E-state index is 0.316. The number of halogens is 1. The number of anilines is 1. The van der Waals surface area contributed by atoms with Crippen LogP contribution in [0.15, 0.2) is 24.7 Å². The van der Waals surface area contributed by atoms with E-state index in [9.17, 15) is 4.39 Å². The van der Waals surface area contributed by atoms with Crippen molar-refractivity contribution in [3.63, 3.8) is 0 Å². The molecule has 1 N–H and O–H groups in total. The van der Waals surface area contributed by atoms with Crippen LogP contribution in [0.5, 0.6) is 0 Å². The van der Waals surface area contributed by atoms with Gasteiger partial charge in [-0.2, -0.15) is 5.10 Å². The summed E-state index contributed by atoms with van der Waals surface area (Å²) in [5.74, 6) is 0.461. The number of hydrogen-bond acceptors (Lipinski definition) is 4. The first-order valence-corrected chi connectivity index (χ1v) is 6.08. The lowest BCUT2D eigenvalue weighted by atomic mass is 10.2. The molecule has 0 atom stereocenters. The highest BCUT2D eigenvalue weighted by Crippen LogP contribution is 2.19. The van der Waals surface area contributed by atoms with Crippen molar-refractivity contribution in [2.24, 2.45) is 7.05 Å². The fourth-order valence-electron chi connectivity index (χ4n) is 2.04. The molecule has 102 valence electrons. The molecular weight excluding hydrogens is 245 g/mol. The first-order valence-electron chi connectivity index (χ1n) is 6.08. The van der Waals surface area contributed by atoms with Crippen molar-refractivity contribution in [3.8, 4) is 0 Å². The molecule has 2 aromatic heterocycles. The van der Waals surface area contributed by atoms with E-state index in [0.29, 0.717) is 13.1 Å². The van der Waals surface area contributed by atoms with Gasteiger partial charge in [-0.25, -0.2) is 9.37 Å². The highest BCUT2D eigenvalue weighted by Gasteiger charge is 2.11. The average molecular weight is 263 g/mol. The van der Waals surface area contributed by atoms with Crippen LogP contribution in [0.3, 0.4) is 0 Å². The Hall–Kier alpha value is -1.95. The monoisotopic (exact) mass is 263 g/mol. The minimum Gasteiger partial charge on any atom is -0.355 e. The van der Waals surface area contributed by atoms with Crippen molar-refractivity contribution in [2.75, 3.05) is 19.0 Å². The molecule has 0 aliphatic rings. The van der Waals surface area contributed by atoms with Crippen LogP contribution in [0.2, 0.25) is 0 Å². The molecule has 2 heterocycles. The van der Waals surface area contributed by atoms with E-state index in [4.69, 9.17) is 0 Å². The van der Waals surface area contributed by atoms with E-state index in [1.165, 1.54) is 12.3 Å². The van der Waals surface area contributed by atoms with Crippen LogP contribution in [0.25, 0.3) is 0 Å². The summed E-state index contributed by atoms with van der Waals surface area (Å²) in [4.78, 5) is 6.17. The van der Waals surface area contributed by atoms with Crippen molar-refractivity contribution >= 4 is 5.82 Å². The van der Waals surface area contributed by atoms with Gasteiger partial charge in [0.05, 0.1) is 12.4 Å². The fraction of sp³-hybridized carbons (Fsp3) is 0.385. The van der Waals surface area contributed by atoms with Crippen LogP contribution in [-0.4, -0.2) is 28.9 Å². The molecule has 5 nitrogen and oxygen atoms in total. The van der Waals surface area contributed by atoms with Crippen molar-refractivity contribution in [3.05, 3.63) is 41.6 Å². The lowest BCUT2D eigenvalue weighted by molar-refractivity contribution is 0.615. The van der Waals surface area contributed by atoms with E-state index in [-0.39, 0.29) is 5.82 Å². The molecule has 6 heteroatoms. The van der Waals surface area contributed by atoms with Gasteiger partial charge in [0.25, 0.3) is 0 Å². The Morgan fingerprint density at radius 2 is 2.21 bits per heavy atom. The quantitative estimate of drug-likeness (QED) is 0.883. The van der Waals surface area contributed by atoms with Gasteiger partial charge in [0.1, 0.15) is 11.6 Å². The normalized spacial score (nSPS) is 10.7. The molecule has 0 amide bonds. The second-order valence-corrected chi connectivity index (χ2v) is 4.54. The lowest BCUT2D eigenvalue weighted by Gasteiger charge is -2.20. The zero-order chi connectivity index (χ0) is 13.8. The molecule has 0 spiro atoms. The van der Waals surface area contributed by atoms with Crippen LogP contribution in [0.4, 0.5) is 10.2 Å². The van der Waals surface area contributed by atoms with Crippen molar-refractivity contribution in [2.45, 2.75) is 13.1 Å². The number of nitrogens with zero attached hydrogens (tertiary/aromatic N) is 4. The number of aromatic nitrogens is 3. The summed E-state index contributed by atoms with van der Waals surface area (Å²) < 4.78 is 15.0. The summed E-state index contributed by atoms with van der Waals surface area (Å²) in [6.07, 6.45) is 5.02. The van der Waals surface area contributed by atoms with Crippen LogP contribution >= 0.6 is 0 Å². The fourth-order valence-corrected chi connectivity index (χ4v) is 2.04. The van der Waals surface area contributed by atoms with Gasteiger partial charge in [-0.05, 0) is 13.1 Å². The van der Waals surface area contributed by atoms with Crippen LogP contribution < -0.4 is 10.2 Å². The van der Waals surface area contributed by atoms with Gasteiger partial charge >= 0.3 is 0 Å². The summed E-state index contributed by atoms with van der Waals surface area (Å²) in [5.41, 5.74) is 1.93. The van der Waals surface area contributed by atoms with Crippen LogP contribution in [0.1, 0.15) is 11.1 Å². The molecule has 0 aliphatic heterocycles. The standard InChI is InChI=1S/C13H18FN5/c1-15-6-11-4-12(14)7-16-13(11)18(2)8-10-5-17-19(3)9-10/h4-5,7,9,15H,6,8H2,1-3H3. The molecule has 0 bridgehead atoms. The van der Waals surface area contributed by atoms with Crippen molar-refractivity contribution in [1.82, 2.24) is 20.1 Å². The van der Waals surface area contributed by atoms with Crippen molar-refractivity contribution in [1.29, 1.82) is 0 Å². The second-order valence-electron chi connectivity index (χ2n) is 4.54. The average Bonchev–Trinajstić information content (AvgIpc) is 2.75. The van der Waals surface area contributed by atoms with E-state index in [0.717, 1.165) is 16.9 Å². The molecule has 2 aromatic rings. The number of nitrogens with one attached hydrogen (secondary N) is 1. The van der Waals surface area contributed by atoms with Crippen molar-refractivity contribution < 1.29 is 4.39 Å². The SMILES string of the molecule is CNCc1cc(F)cnc1N(C)Cc1cnn(C)c1. The summed E-state index contributed by atoms with van der Waals surface area (Å²) in [6.45, 7) is 1.26. The molecule has 0 saturated heterocycles. The molecule has 0 unspecified atom stereocenters. The summed E-state index contributed by atoms with van der Waals surface area (Å²) in [5, 5.41) is 7.16. The topological polar surface area (TPSA) is 46.0 Å². The first kappa shape index (κ1) is 13.5. The number of aryl methyl sites for hydroxylation is 1. The Kier molecular flexibility index (Phi) is 4.11. The third-order valence-corrected chi connectivity index (χ3v) is 2.82. The van der Waals surface area contributed by atoms with E-state index in [1.54, 1.807) is 4.68 Å². The summed E-state index contributed by atoms with van der Waals surface area (Å²) in [6, 6.07) is 1.51. The zero-order valence-electron chi connectivity index (χ0n) is 11.4. The Morgan fingerprint density at radius 1 is 1.42 bits per heavy atom. The molecule has 0 aromatic carbocycles. The van der Waals surface area contributed by atoms with Gasteiger partial charge < -0.3 is 10.2 Å². The van der Waals surface area contributed by atoms with Crippen LogP contribution in [-0.2, 0) is 20.1 Å². The summed E-state index contributed by atoms with van der Waals surface area (Å²) in [7, 11) is 5.65. The van der Waals surface area contributed by atoms with E-state index < -0.39 is 0 Å². The summed E-state index contributed by atoms with van der Waals surface area (Å²) >= 11 is 0. The maximum Gasteiger partial charge on any atom is 0.141 e. The van der Waals surface area contributed by atoms with Gasteiger partial charge in [-0.1, -0.05) is 0 Å². The predicted molar refractivity (Wildman–Crippen MR) is 72.3 cm³/mol. The Bertz CT molecular complexity index is 552. The first-order chi connectivity index (χ1) is 9.10. The largest absolute Gasteiger partial charge is 0.355 e. The second kappa shape index (κ2) is 5.79.